The van der Waals surface area contributed by atoms with Crippen LogP contribution in [-0.4, -0.2) is 47.5 Å². The molecular weight excluding hydrogens is 336 g/mol. The molecule has 27 heavy (non-hydrogen) atoms. The Morgan fingerprint density at radius 2 is 2.11 bits per heavy atom. The molecule has 0 radical (unpaired) electrons. The summed E-state index contributed by atoms with van der Waals surface area (Å²) in [4.78, 5) is 20.7. The molecule has 0 aliphatic carbocycles. The molecule has 5 heteroatoms. The summed E-state index contributed by atoms with van der Waals surface area (Å²) in [6, 6.07) is 12.6. The van der Waals surface area contributed by atoms with Gasteiger partial charge in [0.1, 0.15) is 0 Å². The van der Waals surface area contributed by atoms with Gasteiger partial charge in [-0.25, -0.2) is 4.79 Å². The van der Waals surface area contributed by atoms with Crippen LogP contribution in [-0.2, 0) is 13.1 Å². The van der Waals surface area contributed by atoms with Gasteiger partial charge in [-0.05, 0) is 55.0 Å². The molecular formula is C22H30N4O. The zero-order valence-electron chi connectivity index (χ0n) is 16.4. The van der Waals surface area contributed by atoms with Gasteiger partial charge < -0.3 is 10.2 Å². The fourth-order valence-electron chi connectivity index (χ4n) is 3.66. The van der Waals surface area contributed by atoms with Crippen LogP contribution >= 0.6 is 0 Å². The Kier molecular flexibility index (Phi) is 6.82. The highest BCUT2D eigenvalue weighted by molar-refractivity contribution is 5.73. The zero-order chi connectivity index (χ0) is 19.1. The van der Waals surface area contributed by atoms with E-state index in [9.17, 15) is 4.79 Å². The van der Waals surface area contributed by atoms with Crippen molar-refractivity contribution in [2.75, 3.05) is 26.7 Å². The molecule has 0 spiro atoms. The van der Waals surface area contributed by atoms with Crippen molar-refractivity contribution in [2.24, 2.45) is 5.92 Å². The molecule has 1 saturated heterocycles. The summed E-state index contributed by atoms with van der Waals surface area (Å²) >= 11 is 0. The molecule has 2 amide bonds. The Morgan fingerprint density at radius 1 is 1.30 bits per heavy atom. The van der Waals surface area contributed by atoms with Crippen LogP contribution in [0.4, 0.5) is 4.79 Å². The Balaban J connectivity index is 1.36. The van der Waals surface area contributed by atoms with Crippen LogP contribution in [0.2, 0.25) is 0 Å². The molecule has 0 bridgehead atoms. The van der Waals surface area contributed by atoms with E-state index in [1.807, 2.05) is 26.2 Å². The quantitative estimate of drug-likeness (QED) is 0.817. The number of nitrogens with zero attached hydrogens (tertiary/aromatic N) is 3. The number of rotatable bonds is 7. The highest BCUT2D eigenvalue weighted by Crippen LogP contribution is 2.21. The third-order valence-electron chi connectivity index (χ3n) is 5.34. The molecule has 144 valence electrons. The molecule has 0 saturated carbocycles. The SMILES string of the molecule is Cc1cnccc1CN(C)C(=O)NCC[C@@H]1CCN(Cc2ccccc2)C1. The number of likely N-dealkylation sites (tertiary alicyclic amines) is 1. The molecule has 5 nitrogen and oxygen atoms in total. The van der Waals surface area contributed by atoms with Crippen molar-refractivity contribution >= 4 is 6.03 Å². The van der Waals surface area contributed by atoms with Crippen LogP contribution in [0, 0.1) is 12.8 Å². The van der Waals surface area contributed by atoms with E-state index in [0.717, 1.165) is 43.7 Å². The minimum absolute atomic E-state index is 0.00893. The number of aromatic nitrogens is 1. The average molecular weight is 367 g/mol. The topological polar surface area (TPSA) is 48.5 Å². The lowest BCUT2D eigenvalue weighted by atomic mass is 10.1. The van der Waals surface area contributed by atoms with Crippen molar-refractivity contribution in [3.63, 3.8) is 0 Å². The number of hydrogen-bond acceptors (Lipinski definition) is 3. The predicted molar refractivity (Wildman–Crippen MR) is 108 cm³/mol. The van der Waals surface area contributed by atoms with E-state index >= 15 is 0 Å². The first-order valence-corrected chi connectivity index (χ1v) is 9.76. The Labute approximate surface area is 162 Å². The van der Waals surface area contributed by atoms with E-state index in [2.05, 4.69) is 45.5 Å². The van der Waals surface area contributed by atoms with Crippen LogP contribution in [0.1, 0.15) is 29.5 Å². The maximum Gasteiger partial charge on any atom is 0.317 e. The molecule has 1 aromatic carbocycles. The van der Waals surface area contributed by atoms with Crippen LogP contribution in [0.3, 0.4) is 0 Å². The van der Waals surface area contributed by atoms with Crippen molar-refractivity contribution in [1.82, 2.24) is 20.1 Å². The van der Waals surface area contributed by atoms with Gasteiger partial charge in [-0.1, -0.05) is 30.3 Å². The molecule has 0 unspecified atom stereocenters. The number of pyridine rings is 1. The average Bonchev–Trinajstić information content (AvgIpc) is 3.11. The van der Waals surface area contributed by atoms with Gasteiger partial charge in [-0.15, -0.1) is 0 Å². The predicted octanol–water partition coefficient (Wildman–Crippen LogP) is 3.44. The van der Waals surface area contributed by atoms with Crippen LogP contribution < -0.4 is 5.32 Å². The summed E-state index contributed by atoms with van der Waals surface area (Å²) in [5.74, 6) is 0.668. The second-order valence-corrected chi connectivity index (χ2v) is 7.55. The van der Waals surface area contributed by atoms with E-state index in [1.54, 1.807) is 11.1 Å². The fourth-order valence-corrected chi connectivity index (χ4v) is 3.66. The summed E-state index contributed by atoms with van der Waals surface area (Å²) < 4.78 is 0. The Hall–Kier alpha value is -2.40. The standard InChI is InChI=1S/C22H30N4O/c1-18-14-23-11-9-21(18)17-25(2)22(27)24-12-8-20-10-13-26(16-20)15-19-6-4-3-5-7-19/h3-7,9,11,14,20H,8,10,12-13,15-17H2,1-2H3,(H,24,27)/t20-/m1/s1. The number of carbonyl (C=O) groups is 1. The Morgan fingerprint density at radius 3 is 2.89 bits per heavy atom. The molecule has 3 rings (SSSR count). The summed E-state index contributed by atoms with van der Waals surface area (Å²) in [6.45, 7) is 6.66. The smallest absolute Gasteiger partial charge is 0.317 e. The summed E-state index contributed by atoms with van der Waals surface area (Å²) in [5.41, 5.74) is 3.62. The fraction of sp³-hybridized carbons (Fsp3) is 0.455. The van der Waals surface area contributed by atoms with Gasteiger partial charge in [0.05, 0.1) is 0 Å². The second-order valence-electron chi connectivity index (χ2n) is 7.55. The molecule has 1 atom stereocenters. The number of hydrogen-bond donors (Lipinski definition) is 1. The molecule has 1 aliphatic heterocycles. The number of benzene rings is 1. The highest BCUT2D eigenvalue weighted by atomic mass is 16.2. The minimum atomic E-state index is -0.00893. The van der Waals surface area contributed by atoms with Crippen LogP contribution in [0.15, 0.2) is 48.8 Å². The summed E-state index contributed by atoms with van der Waals surface area (Å²) in [7, 11) is 1.84. The van der Waals surface area contributed by atoms with E-state index in [-0.39, 0.29) is 6.03 Å². The maximum absolute atomic E-state index is 12.3. The third kappa shape index (κ3) is 5.79. The van der Waals surface area contributed by atoms with Gasteiger partial charge in [0.2, 0.25) is 0 Å². The molecule has 1 aliphatic rings. The lowest BCUT2D eigenvalue weighted by Gasteiger charge is -2.20. The summed E-state index contributed by atoms with van der Waals surface area (Å²) in [5, 5.41) is 3.07. The van der Waals surface area contributed by atoms with Crippen LogP contribution in [0.5, 0.6) is 0 Å². The Bertz CT molecular complexity index is 734. The molecule has 1 N–H and O–H groups in total. The minimum Gasteiger partial charge on any atom is -0.338 e. The van der Waals surface area contributed by atoms with E-state index in [0.29, 0.717) is 12.5 Å². The van der Waals surface area contributed by atoms with E-state index in [4.69, 9.17) is 0 Å². The first-order chi connectivity index (χ1) is 13.1. The van der Waals surface area contributed by atoms with Crippen molar-refractivity contribution in [1.29, 1.82) is 0 Å². The zero-order valence-corrected chi connectivity index (χ0v) is 16.4. The van der Waals surface area contributed by atoms with E-state index in [1.165, 1.54) is 12.0 Å². The van der Waals surface area contributed by atoms with Gasteiger partial charge in [-0.3, -0.25) is 9.88 Å². The van der Waals surface area contributed by atoms with Crippen molar-refractivity contribution in [3.05, 3.63) is 65.5 Å². The maximum atomic E-state index is 12.3. The first kappa shape index (κ1) is 19.4. The van der Waals surface area contributed by atoms with Gasteiger partial charge >= 0.3 is 6.03 Å². The third-order valence-corrected chi connectivity index (χ3v) is 5.34. The molecule has 1 aromatic heterocycles. The van der Waals surface area contributed by atoms with Gasteiger partial charge in [-0.2, -0.15) is 0 Å². The summed E-state index contributed by atoms with van der Waals surface area (Å²) in [6.07, 6.45) is 5.87. The normalized spacial score (nSPS) is 17.0. The second kappa shape index (κ2) is 9.51. The van der Waals surface area contributed by atoms with Gasteiger partial charge in [0.25, 0.3) is 0 Å². The highest BCUT2D eigenvalue weighted by Gasteiger charge is 2.22. The first-order valence-electron chi connectivity index (χ1n) is 9.76. The van der Waals surface area contributed by atoms with Crippen molar-refractivity contribution < 1.29 is 4.79 Å². The van der Waals surface area contributed by atoms with Crippen molar-refractivity contribution in [3.8, 4) is 0 Å². The monoisotopic (exact) mass is 366 g/mol. The lowest BCUT2D eigenvalue weighted by molar-refractivity contribution is 0.206. The number of nitrogens with one attached hydrogen (secondary N) is 1. The molecule has 1 fully saturated rings. The van der Waals surface area contributed by atoms with Gasteiger partial charge in [0, 0.05) is 45.6 Å². The molecule has 2 heterocycles. The van der Waals surface area contributed by atoms with Gasteiger partial charge in [0.15, 0.2) is 0 Å². The molecule has 2 aromatic rings. The van der Waals surface area contributed by atoms with Crippen molar-refractivity contribution in [2.45, 2.75) is 32.9 Å². The number of amides is 2. The lowest BCUT2D eigenvalue weighted by Crippen LogP contribution is -2.38. The number of aryl methyl sites for hydroxylation is 1. The largest absolute Gasteiger partial charge is 0.338 e. The number of carbonyl (C=O) groups excluding carboxylic acids is 1. The van der Waals surface area contributed by atoms with E-state index < -0.39 is 0 Å². The number of urea groups is 1. The van der Waals surface area contributed by atoms with Crippen LogP contribution in [0.25, 0.3) is 0 Å².